The first-order chi connectivity index (χ1) is 17.1. The number of rotatable bonds is 12. The first-order valence-corrected chi connectivity index (χ1v) is 12.4. The molecule has 3 heterocycles. The van der Waals surface area contributed by atoms with Crippen LogP contribution in [-0.4, -0.2) is 78.9 Å². The van der Waals surface area contributed by atoms with E-state index in [4.69, 9.17) is 9.47 Å². The van der Waals surface area contributed by atoms with Crippen molar-refractivity contribution in [2.24, 2.45) is 4.99 Å². The number of aromatic nitrogens is 3. The number of hydrogen-bond acceptors (Lipinski definition) is 8. The minimum atomic E-state index is -0.170. The van der Waals surface area contributed by atoms with Crippen LogP contribution in [0.5, 0.6) is 0 Å². The number of nitrogens with zero attached hydrogens (tertiary/aromatic N) is 5. The minimum Gasteiger partial charge on any atom is -0.481 e. The van der Waals surface area contributed by atoms with Crippen molar-refractivity contribution in [3.05, 3.63) is 46.9 Å². The van der Waals surface area contributed by atoms with Crippen LogP contribution in [0.25, 0.3) is 16.7 Å². The predicted octanol–water partition coefficient (Wildman–Crippen LogP) is 3.36. The van der Waals surface area contributed by atoms with Crippen molar-refractivity contribution in [1.82, 2.24) is 19.4 Å². The summed E-state index contributed by atoms with van der Waals surface area (Å²) in [5, 5.41) is 3.25. The summed E-state index contributed by atoms with van der Waals surface area (Å²) in [6, 6.07) is 1.90. The molecule has 1 fully saturated rings. The number of nitrogens with one attached hydrogen (secondary N) is 1. The van der Waals surface area contributed by atoms with Gasteiger partial charge in [0.2, 0.25) is 5.90 Å². The van der Waals surface area contributed by atoms with Crippen LogP contribution in [0.4, 0.5) is 5.82 Å². The van der Waals surface area contributed by atoms with E-state index in [1.807, 2.05) is 12.1 Å². The lowest BCUT2D eigenvalue weighted by Gasteiger charge is -2.26. The van der Waals surface area contributed by atoms with Crippen LogP contribution in [0.1, 0.15) is 38.2 Å². The van der Waals surface area contributed by atoms with E-state index in [1.165, 1.54) is 19.3 Å². The largest absolute Gasteiger partial charge is 0.481 e. The topological polar surface area (TPSA) is 93.9 Å². The lowest BCUT2D eigenvalue weighted by molar-refractivity contribution is 0.127. The predicted molar refractivity (Wildman–Crippen MR) is 142 cm³/mol. The van der Waals surface area contributed by atoms with Gasteiger partial charge < -0.3 is 19.7 Å². The van der Waals surface area contributed by atoms with Crippen LogP contribution < -0.4 is 10.9 Å². The van der Waals surface area contributed by atoms with Gasteiger partial charge in [0.05, 0.1) is 19.2 Å². The SMILES string of the molecule is C=C(/C=C\C(=NC)OC)c1cnc2nc(NCCN3CCCCC3)c(=O)n(CCOCCC)c2c1. The highest BCUT2D eigenvalue weighted by Gasteiger charge is 2.14. The molecule has 0 aliphatic carbocycles. The van der Waals surface area contributed by atoms with Crippen molar-refractivity contribution in [3.8, 4) is 0 Å². The average Bonchev–Trinajstić information content (AvgIpc) is 2.89. The second kappa shape index (κ2) is 13.7. The van der Waals surface area contributed by atoms with Gasteiger partial charge in [-0.15, -0.1) is 0 Å². The highest BCUT2D eigenvalue weighted by molar-refractivity contribution is 5.91. The third-order valence-electron chi connectivity index (χ3n) is 6.01. The Balaban J connectivity index is 1.86. The third kappa shape index (κ3) is 7.47. The van der Waals surface area contributed by atoms with Crippen molar-refractivity contribution in [2.45, 2.75) is 39.2 Å². The lowest BCUT2D eigenvalue weighted by Crippen LogP contribution is -2.35. The van der Waals surface area contributed by atoms with Gasteiger partial charge in [0.15, 0.2) is 11.5 Å². The van der Waals surface area contributed by atoms with E-state index in [0.717, 1.165) is 37.2 Å². The van der Waals surface area contributed by atoms with Gasteiger partial charge in [0.1, 0.15) is 0 Å². The summed E-state index contributed by atoms with van der Waals surface area (Å²) >= 11 is 0. The zero-order valence-corrected chi connectivity index (χ0v) is 21.3. The molecule has 1 aliphatic rings. The molecule has 0 spiro atoms. The second-order valence-corrected chi connectivity index (χ2v) is 8.55. The number of methoxy groups -OCH3 is 1. The zero-order chi connectivity index (χ0) is 25.0. The van der Waals surface area contributed by atoms with Gasteiger partial charge in [-0.3, -0.25) is 14.4 Å². The number of likely N-dealkylation sites (tertiary alicyclic amines) is 1. The fourth-order valence-electron chi connectivity index (χ4n) is 4.05. The summed E-state index contributed by atoms with van der Waals surface area (Å²) in [6.45, 7) is 11.5. The summed E-state index contributed by atoms with van der Waals surface area (Å²) in [5.74, 6) is 0.819. The molecule has 0 atom stereocenters. The molecule has 1 saturated heterocycles. The number of aliphatic imine (C=N–C) groups is 1. The summed E-state index contributed by atoms with van der Waals surface area (Å²) in [4.78, 5) is 29.0. The van der Waals surface area contributed by atoms with E-state index < -0.39 is 0 Å². The van der Waals surface area contributed by atoms with Gasteiger partial charge >= 0.3 is 0 Å². The Morgan fingerprint density at radius 3 is 2.74 bits per heavy atom. The molecule has 3 rings (SSSR count). The van der Waals surface area contributed by atoms with Crippen LogP contribution in [0, 0.1) is 0 Å². The van der Waals surface area contributed by atoms with E-state index in [1.54, 1.807) is 31.0 Å². The Morgan fingerprint density at radius 1 is 1.23 bits per heavy atom. The van der Waals surface area contributed by atoms with Crippen LogP contribution in [-0.2, 0) is 16.0 Å². The maximum Gasteiger partial charge on any atom is 0.293 e. The smallest absolute Gasteiger partial charge is 0.293 e. The van der Waals surface area contributed by atoms with Crippen molar-refractivity contribution in [3.63, 3.8) is 0 Å². The third-order valence-corrected chi connectivity index (χ3v) is 6.01. The first-order valence-electron chi connectivity index (χ1n) is 12.4. The highest BCUT2D eigenvalue weighted by Crippen LogP contribution is 2.19. The zero-order valence-electron chi connectivity index (χ0n) is 21.3. The van der Waals surface area contributed by atoms with Gasteiger partial charge in [-0.25, -0.2) is 9.97 Å². The molecular weight excluding hydrogens is 444 g/mol. The monoisotopic (exact) mass is 482 g/mol. The number of allylic oxidation sites excluding steroid dienone is 2. The molecule has 1 N–H and O–H groups in total. The van der Waals surface area contributed by atoms with Crippen LogP contribution in [0.3, 0.4) is 0 Å². The highest BCUT2D eigenvalue weighted by atomic mass is 16.5. The normalized spacial score (nSPS) is 15.1. The molecule has 0 saturated carbocycles. The van der Waals surface area contributed by atoms with E-state index in [0.29, 0.717) is 49.2 Å². The number of hydrogen-bond donors (Lipinski definition) is 1. The van der Waals surface area contributed by atoms with Crippen molar-refractivity contribution >= 4 is 28.5 Å². The molecule has 190 valence electrons. The molecule has 0 bridgehead atoms. The van der Waals surface area contributed by atoms with Crippen molar-refractivity contribution in [2.75, 3.05) is 58.9 Å². The Hall–Kier alpha value is -3.04. The van der Waals surface area contributed by atoms with Crippen LogP contribution >= 0.6 is 0 Å². The summed E-state index contributed by atoms with van der Waals surface area (Å²) in [7, 11) is 3.22. The molecule has 0 radical (unpaired) electrons. The van der Waals surface area contributed by atoms with Gasteiger partial charge in [0, 0.05) is 51.1 Å². The van der Waals surface area contributed by atoms with Gasteiger partial charge in [0.25, 0.3) is 5.56 Å². The fourth-order valence-corrected chi connectivity index (χ4v) is 4.05. The average molecular weight is 483 g/mol. The number of piperidine rings is 1. The van der Waals surface area contributed by atoms with E-state index in [9.17, 15) is 4.79 Å². The summed E-state index contributed by atoms with van der Waals surface area (Å²) < 4.78 is 12.5. The van der Waals surface area contributed by atoms with Crippen LogP contribution in [0.15, 0.2) is 40.8 Å². The molecule has 9 nitrogen and oxygen atoms in total. The lowest BCUT2D eigenvalue weighted by atomic mass is 10.1. The van der Waals surface area contributed by atoms with Gasteiger partial charge in [-0.05, 0) is 50.1 Å². The van der Waals surface area contributed by atoms with Crippen molar-refractivity contribution in [1.29, 1.82) is 0 Å². The van der Waals surface area contributed by atoms with E-state index >= 15 is 0 Å². The number of pyridine rings is 1. The quantitative estimate of drug-likeness (QED) is 0.215. The number of fused-ring (bicyclic) bond motifs is 1. The van der Waals surface area contributed by atoms with Gasteiger partial charge in [-0.1, -0.05) is 19.9 Å². The molecule has 35 heavy (non-hydrogen) atoms. The maximum absolute atomic E-state index is 13.4. The standard InChI is InChI=1S/C26H38N6O3/c1-5-16-35-17-15-32-22-18-21(20(2)9-10-23(27-3)34-4)19-29-24(22)30-25(26(32)33)28-11-14-31-12-7-6-8-13-31/h9-10,18-19H,2,5-8,11-17H2,1,3-4H3,(H,28,29,30)/b10-9-,27-23?. The summed E-state index contributed by atoms with van der Waals surface area (Å²) in [5.41, 5.74) is 2.50. The van der Waals surface area contributed by atoms with E-state index in [2.05, 4.69) is 38.7 Å². The number of anilines is 1. The molecule has 9 heteroatoms. The number of ether oxygens (including phenoxy) is 2. The molecule has 0 unspecified atom stereocenters. The second-order valence-electron chi connectivity index (χ2n) is 8.55. The molecule has 2 aromatic rings. The molecular formula is C26H38N6O3. The van der Waals surface area contributed by atoms with Crippen molar-refractivity contribution < 1.29 is 9.47 Å². The Morgan fingerprint density at radius 2 is 2.03 bits per heavy atom. The Kier molecular flexibility index (Phi) is 10.4. The Bertz CT molecular complexity index is 1100. The molecule has 1 aliphatic heterocycles. The Labute approximate surface area is 207 Å². The minimum absolute atomic E-state index is 0.170. The molecule has 0 aromatic carbocycles. The maximum atomic E-state index is 13.4. The summed E-state index contributed by atoms with van der Waals surface area (Å²) in [6.07, 6.45) is 9.98. The first kappa shape index (κ1) is 26.6. The van der Waals surface area contributed by atoms with Crippen LogP contribution in [0.2, 0.25) is 0 Å². The fraction of sp³-hybridized carbons (Fsp3) is 0.538. The van der Waals surface area contributed by atoms with Gasteiger partial charge in [-0.2, -0.15) is 0 Å². The molecule has 2 aromatic heterocycles. The molecule has 0 amide bonds. The van der Waals surface area contributed by atoms with E-state index in [-0.39, 0.29) is 5.56 Å².